The third kappa shape index (κ3) is 8.53. The highest BCUT2D eigenvalue weighted by Gasteiger charge is 2.36. The summed E-state index contributed by atoms with van der Waals surface area (Å²) in [6, 6.07) is 6.03. The quantitative estimate of drug-likeness (QED) is 0.625. The molecule has 1 amide bonds. The van der Waals surface area contributed by atoms with Gasteiger partial charge in [0.15, 0.2) is 0 Å². The lowest BCUT2D eigenvalue weighted by Crippen LogP contribution is -2.48. The molecular formula is C20H38N2O4Si. The molecule has 7 heteroatoms. The first-order chi connectivity index (χ1) is 12.7. The average molecular weight is 399 g/mol. The molecule has 0 saturated carbocycles. The Balaban J connectivity index is 0.000000580. The number of para-hydroxylation sites is 1. The van der Waals surface area contributed by atoms with E-state index < -0.39 is 14.3 Å². The highest BCUT2D eigenvalue weighted by Crippen LogP contribution is 2.19. The number of likely N-dealkylation sites (N-methyl/N-ethyl adjacent to an activating group) is 1. The maximum absolute atomic E-state index is 11.9. The van der Waals surface area contributed by atoms with Gasteiger partial charge in [0.2, 0.25) is 5.91 Å². The Kier molecular flexibility index (Phi) is 12.4. The number of benzene rings is 1. The smallest absolute Gasteiger partial charge is 0.364 e. The normalized spacial score (nSPS) is 12.4. The number of hydrogen-bond acceptors (Lipinski definition) is 5. The highest BCUT2D eigenvalue weighted by atomic mass is 28.4. The van der Waals surface area contributed by atoms with Crippen molar-refractivity contribution in [2.24, 2.45) is 0 Å². The molecule has 1 aromatic rings. The summed E-state index contributed by atoms with van der Waals surface area (Å²) < 4.78 is 10.2. The minimum atomic E-state index is -2.25. The van der Waals surface area contributed by atoms with Crippen molar-refractivity contribution in [2.75, 3.05) is 39.2 Å². The predicted octanol–water partition coefficient (Wildman–Crippen LogP) is 3.25. The van der Waals surface area contributed by atoms with E-state index in [9.17, 15) is 9.90 Å². The molecule has 1 unspecified atom stereocenters. The molecule has 0 aliphatic rings. The molecule has 27 heavy (non-hydrogen) atoms. The van der Waals surface area contributed by atoms with Gasteiger partial charge in [-0.25, -0.2) is 0 Å². The van der Waals surface area contributed by atoms with Crippen LogP contribution < -0.4 is 5.32 Å². The van der Waals surface area contributed by atoms with Crippen LogP contribution >= 0.6 is 0 Å². The lowest BCUT2D eigenvalue weighted by molar-refractivity contribution is -0.117. The van der Waals surface area contributed by atoms with Gasteiger partial charge in [0.25, 0.3) is 0 Å². The number of aliphatic hydroxyl groups is 1. The lowest BCUT2D eigenvalue weighted by atomic mass is 10.1. The van der Waals surface area contributed by atoms with Gasteiger partial charge in [-0.2, -0.15) is 0 Å². The summed E-state index contributed by atoms with van der Waals surface area (Å²) in [4.78, 5) is 14.0. The third-order valence-electron chi connectivity index (χ3n) is 4.81. The van der Waals surface area contributed by atoms with Gasteiger partial charge in [-0.05, 0) is 51.0 Å². The zero-order valence-electron chi connectivity index (χ0n) is 18.3. The summed E-state index contributed by atoms with van der Waals surface area (Å²) in [5.41, 5.74) is 2.74. The monoisotopic (exact) mass is 398 g/mol. The first-order valence-corrected chi connectivity index (χ1v) is 11.9. The first kappa shape index (κ1) is 25.7. The molecule has 0 aliphatic carbocycles. The van der Waals surface area contributed by atoms with E-state index in [-0.39, 0.29) is 5.91 Å². The molecule has 0 aromatic heterocycles. The topological polar surface area (TPSA) is 71.0 Å². The van der Waals surface area contributed by atoms with Crippen LogP contribution in [0.25, 0.3) is 0 Å². The van der Waals surface area contributed by atoms with E-state index >= 15 is 0 Å². The first-order valence-electron chi connectivity index (χ1n) is 9.55. The standard InChI is InChI=1S/C14H22N2O.C6H16O3Si/c1-5-16(6-2)10-13(17)15-14-11(3)8-7-9-12(14)4;1-5-6(7)10(4,8-2)9-3/h7-9H,5-6,10H2,1-4H3,(H,15,17);6-7H,5H2,1-4H3. The Labute approximate surface area is 166 Å². The molecule has 156 valence electrons. The molecule has 0 aliphatic heterocycles. The van der Waals surface area contributed by atoms with E-state index in [0.29, 0.717) is 13.0 Å². The summed E-state index contributed by atoms with van der Waals surface area (Å²) in [5, 5.41) is 12.4. The fraction of sp³-hybridized carbons (Fsp3) is 0.650. The fourth-order valence-electron chi connectivity index (χ4n) is 2.57. The van der Waals surface area contributed by atoms with Crippen LogP contribution in [0.3, 0.4) is 0 Å². The van der Waals surface area contributed by atoms with Crippen LogP contribution in [0.15, 0.2) is 18.2 Å². The molecule has 0 bridgehead atoms. The van der Waals surface area contributed by atoms with Crippen LogP contribution in [-0.2, 0) is 13.6 Å². The number of nitrogens with one attached hydrogen (secondary N) is 1. The number of aryl methyl sites for hydroxylation is 2. The van der Waals surface area contributed by atoms with Crippen molar-refractivity contribution in [3.8, 4) is 0 Å². The van der Waals surface area contributed by atoms with Crippen LogP contribution in [0.2, 0.25) is 6.55 Å². The molecule has 0 radical (unpaired) electrons. The Morgan fingerprint density at radius 2 is 1.63 bits per heavy atom. The Bertz CT molecular complexity index is 541. The van der Waals surface area contributed by atoms with Crippen molar-refractivity contribution in [3.05, 3.63) is 29.3 Å². The second-order valence-electron chi connectivity index (χ2n) is 6.62. The van der Waals surface area contributed by atoms with Crippen LogP contribution in [0, 0.1) is 13.8 Å². The molecule has 6 nitrogen and oxygen atoms in total. The number of amides is 1. The van der Waals surface area contributed by atoms with Crippen LogP contribution in [0.1, 0.15) is 38.3 Å². The number of rotatable bonds is 9. The van der Waals surface area contributed by atoms with Gasteiger partial charge in [-0.1, -0.05) is 39.0 Å². The van der Waals surface area contributed by atoms with Crippen LogP contribution in [-0.4, -0.2) is 64.1 Å². The predicted molar refractivity (Wildman–Crippen MR) is 114 cm³/mol. The van der Waals surface area contributed by atoms with Gasteiger partial charge in [0, 0.05) is 19.9 Å². The van der Waals surface area contributed by atoms with Crippen molar-refractivity contribution in [1.29, 1.82) is 0 Å². The maximum Gasteiger partial charge on any atom is 0.364 e. The largest absolute Gasteiger partial charge is 0.396 e. The number of hydrogen-bond donors (Lipinski definition) is 2. The van der Waals surface area contributed by atoms with Gasteiger partial charge < -0.3 is 19.3 Å². The van der Waals surface area contributed by atoms with Gasteiger partial charge in [0.05, 0.1) is 12.3 Å². The molecule has 0 heterocycles. The molecule has 1 aromatic carbocycles. The average Bonchev–Trinajstić information content (AvgIpc) is 2.68. The summed E-state index contributed by atoms with van der Waals surface area (Å²) in [6.45, 7) is 14.2. The van der Waals surface area contributed by atoms with Crippen molar-refractivity contribution < 1.29 is 18.8 Å². The summed E-state index contributed by atoms with van der Waals surface area (Å²) >= 11 is 0. The highest BCUT2D eigenvalue weighted by molar-refractivity contribution is 6.67. The number of anilines is 1. The van der Waals surface area contributed by atoms with E-state index in [1.807, 2.05) is 45.5 Å². The molecular weight excluding hydrogens is 360 g/mol. The van der Waals surface area contributed by atoms with Crippen molar-refractivity contribution >= 4 is 20.2 Å². The summed E-state index contributed by atoms with van der Waals surface area (Å²) in [5.74, 6) is 0.0612. The minimum absolute atomic E-state index is 0.0612. The molecule has 2 N–H and O–H groups in total. The Morgan fingerprint density at radius 1 is 1.15 bits per heavy atom. The SMILES string of the molecule is CCC(O)[Si](C)(OC)OC.CCN(CC)CC(=O)Nc1c(C)cccc1C. The van der Waals surface area contributed by atoms with E-state index in [4.69, 9.17) is 8.85 Å². The van der Waals surface area contributed by atoms with E-state index in [1.54, 1.807) is 14.2 Å². The van der Waals surface area contributed by atoms with Crippen molar-refractivity contribution in [1.82, 2.24) is 4.90 Å². The number of nitrogens with zero attached hydrogens (tertiary/aromatic N) is 1. The van der Waals surface area contributed by atoms with Crippen molar-refractivity contribution in [3.63, 3.8) is 0 Å². The van der Waals surface area contributed by atoms with Crippen LogP contribution in [0.4, 0.5) is 5.69 Å². The summed E-state index contributed by atoms with van der Waals surface area (Å²) in [7, 11) is 0.911. The van der Waals surface area contributed by atoms with Gasteiger partial charge >= 0.3 is 8.56 Å². The Hall–Kier alpha value is -1.25. The van der Waals surface area contributed by atoms with Gasteiger partial charge in [-0.15, -0.1) is 0 Å². The third-order valence-corrected chi connectivity index (χ3v) is 8.05. The second-order valence-corrected chi connectivity index (χ2v) is 10.1. The van der Waals surface area contributed by atoms with E-state index in [1.165, 1.54) is 0 Å². The zero-order chi connectivity index (χ0) is 21.0. The number of carbonyl (C=O) groups excluding carboxylic acids is 1. The van der Waals surface area contributed by atoms with E-state index in [0.717, 1.165) is 29.9 Å². The molecule has 1 atom stereocenters. The summed E-state index contributed by atoms with van der Waals surface area (Å²) in [6.07, 6.45) is 0.685. The lowest BCUT2D eigenvalue weighted by Gasteiger charge is -2.26. The number of aliphatic hydroxyl groups excluding tert-OH is 1. The maximum atomic E-state index is 11.9. The number of carbonyl (C=O) groups is 1. The molecule has 0 spiro atoms. The van der Waals surface area contributed by atoms with Crippen molar-refractivity contribution in [2.45, 2.75) is 53.3 Å². The van der Waals surface area contributed by atoms with Gasteiger partial charge in [0.1, 0.15) is 0 Å². The molecule has 1 rings (SSSR count). The zero-order valence-corrected chi connectivity index (χ0v) is 19.3. The molecule has 0 fully saturated rings. The van der Waals surface area contributed by atoms with Crippen LogP contribution in [0.5, 0.6) is 0 Å². The fourth-order valence-corrected chi connectivity index (χ4v) is 4.02. The Morgan fingerprint density at radius 3 is 1.96 bits per heavy atom. The minimum Gasteiger partial charge on any atom is -0.396 e. The van der Waals surface area contributed by atoms with E-state index in [2.05, 4.69) is 24.1 Å². The van der Waals surface area contributed by atoms with Gasteiger partial charge in [-0.3, -0.25) is 9.69 Å². The molecule has 0 saturated heterocycles. The second kappa shape index (κ2) is 13.0.